The second-order valence-electron chi connectivity index (χ2n) is 6.37. The van der Waals surface area contributed by atoms with Gasteiger partial charge in [0.25, 0.3) is 0 Å². The lowest BCUT2D eigenvalue weighted by Gasteiger charge is -2.24. The molecule has 0 aromatic heterocycles. The van der Waals surface area contributed by atoms with Crippen LogP contribution in [0.25, 0.3) is 0 Å². The van der Waals surface area contributed by atoms with Gasteiger partial charge in [-0.3, -0.25) is 0 Å². The molecule has 2 aliphatic rings. The largest absolute Gasteiger partial charge is 0.378 e. The van der Waals surface area contributed by atoms with Gasteiger partial charge in [-0.15, -0.1) is 0 Å². The summed E-state index contributed by atoms with van der Waals surface area (Å²) in [6.07, 6.45) is 5.95. The van der Waals surface area contributed by atoms with Crippen LogP contribution in [0.4, 0.5) is 5.69 Å². The highest BCUT2D eigenvalue weighted by molar-refractivity contribution is 5.49. The molecule has 1 saturated heterocycles. The fourth-order valence-electron chi connectivity index (χ4n) is 2.75. The normalized spacial score (nSPS) is 22.0. The monoisotopic (exact) mass is 299 g/mol. The summed E-state index contributed by atoms with van der Waals surface area (Å²) < 4.78 is 5.62. The first kappa shape index (κ1) is 15.4. The molecule has 4 nitrogen and oxygen atoms in total. The maximum Gasteiger partial charge on any atom is 0.0591 e. The molecular formula is C18H25N3O. The summed E-state index contributed by atoms with van der Waals surface area (Å²) in [4.78, 5) is 0. The molecule has 1 saturated carbocycles. The highest BCUT2D eigenvalue weighted by Crippen LogP contribution is 2.27. The van der Waals surface area contributed by atoms with Crippen LogP contribution in [0, 0.1) is 17.8 Å². The van der Waals surface area contributed by atoms with E-state index in [-0.39, 0.29) is 6.04 Å². The Balaban J connectivity index is 1.50. The molecule has 1 aliphatic carbocycles. The Morgan fingerprint density at radius 1 is 1.23 bits per heavy atom. The minimum atomic E-state index is 0.0300. The number of nitrogens with two attached hydrogens (primary N) is 2. The second-order valence-corrected chi connectivity index (χ2v) is 6.37. The number of anilines is 1. The molecule has 0 amide bonds. The molecule has 3 rings (SSSR count). The van der Waals surface area contributed by atoms with Gasteiger partial charge in [0.2, 0.25) is 0 Å². The predicted octanol–water partition coefficient (Wildman–Crippen LogP) is 2.02. The lowest BCUT2D eigenvalue weighted by molar-refractivity contribution is 0.0988. The average molecular weight is 299 g/mol. The van der Waals surface area contributed by atoms with Gasteiger partial charge in [0.15, 0.2) is 0 Å². The molecule has 22 heavy (non-hydrogen) atoms. The van der Waals surface area contributed by atoms with Crippen molar-refractivity contribution in [2.75, 3.05) is 18.2 Å². The standard InChI is InChI=1S/C18H25N3O/c19-16(12-18-2-1-11-22-18)13-21(20)17-9-7-15(8-10-17)6-5-14-3-4-14/h7-10,14,16,18H,1-4,11-13,19-20H2. The number of nitrogens with zero attached hydrogens (tertiary/aromatic N) is 1. The van der Waals surface area contributed by atoms with Gasteiger partial charge in [0.05, 0.1) is 11.8 Å². The molecule has 1 aliphatic heterocycles. The second kappa shape index (κ2) is 7.15. The fraction of sp³-hybridized carbons (Fsp3) is 0.556. The van der Waals surface area contributed by atoms with Crippen molar-refractivity contribution in [1.82, 2.24) is 0 Å². The maximum atomic E-state index is 6.19. The van der Waals surface area contributed by atoms with Crippen molar-refractivity contribution >= 4 is 5.69 Å². The number of hydrogen-bond acceptors (Lipinski definition) is 4. The molecule has 1 aromatic rings. The van der Waals surface area contributed by atoms with E-state index in [4.69, 9.17) is 16.3 Å². The molecule has 1 heterocycles. The maximum absolute atomic E-state index is 6.19. The van der Waals surface area contributed by atoms with E-state index in [0.29, 0.717) is 18.6 Å². The Morgan fingerprint density at radius 3 is 2.64 bits per heavy atom. The number of rotatable bonds is 5. The van der Waals surface area contributed by atoms with Gasteiger partial charge < -0.3 is 15.5 Å². The zero-order valence-corrected chi connectivity index (χ0v) is 13.0. The van der Waals surface area contributed by atoms with Crippen molar-refractivity contribution in [3.8, 4) is 11.8 Å². The Bertz CT molecular complexity index is 536. The van der Waals surface area contributed by atoms with Crippen molar-refractivity contribution in [3.05, 3.63) is 29.8 Å². The molecular weight excluding hydrogens is 274 g/mol. The summed E-state index contributed by atoms with van der Waals surface area (Å²) in [6.45, 7) is 1.50. The van der Waals surface area contributed by atoms with E-state index in [1.165, 1.54) is 12.8 Å². The van der Waals surface area contributed by atoms with Crippen LogP contribution in [0.2, 0.25) is 0 Å². The van der Waals surface area contributed by atoms with Gasteiger partial charge in [-0.2, -0.15) is 0 Å². The zero-order valence-electron chi connectivity index (χ0n) is 13.0. The van der Waals surface area contributed by atoms with Crippen LogP contribution in [0.5, 0.6) is 0 Å². The molecule has 2 atom stereocenters. The van der Waals surface area contributed by atoms with Gasteiger partial charge in [-0.1, -0.05) is 11.8 Å². The van der Waals surface area contributed by atoms with Crippen molar-refractivity contribution in [1.29, 1.82) is 0 Å². The smallest absolute Gasteiger partial charge is 0.0591 e. The molecule has 4 N–H and O–H groups in total. The molecule has 0 bridgehead atoms. The van der Waals surface area contributed by atoms with Gasteiger partial charge >= 0.3 is 0 Å². The van der Waals surface area contributed by atoms with Crippen LogP contribution in [0.15, 0.2) is 24.3 Å². The van der Waals surface area contributed by atoms with E-state index in [9.17, 15) is 0 Å². The summed E-state index contributed by atoms with van der Waals surface area (Å²) in [5.41, 5.74) is 8.21. The number of ether oxygens (including phenoxy) is 1. The zero-order chi connectivity index (χ0) is 15.4. The Morgan fingerprint density at radius 2 is 2.00 bits per heavy atom. The molecule has 4 heteroatoms. The Kier molecular flexibility index (Phi) is 4.99. The van der Waals surface area contributed by atoms with Crippen LogP contribution in [-0.2, 0) is 4.74 Å². The summed E-state index contributed by atoms with van der Waals surface area (Å²) in [6, 6.07) is 8.10. The summed E-state index contributed by atoms with van der Waals surface area (Å²) in [5.74, 6) is 13.2. The van der Waals surface area contributed by atoms with Crippen molar-refractivity contribution in [2.45, 2.75) is 44.2 Å². The van der Waals surface area contributed by atoms with E-state index in [2.05, 4.69) is 11.8 Å². The van der Waals surface area contributed by atoms with Gasteiger partial charge in [0, 0.05) is 30.7 Å². The van der Waals surface area contributed by atoms with Crippen LogP contribution in [-0.4, -0.2) is 25.3 Å². The third kappa shape index (κ3) is 4.48. The van der Waals surface area contributed by atoms with Gasteiger partial charge in [-0.25, -0.2) is 5.84 Å². The van der Waals surface area contributed by atoms with Crippen LogP contribution in [0.1, 0.15) is 37.7 Å². The minimum absolute atomic E-state index is 0.0300. The van der Waals surface area contributed by atoms with Crippen LogP contribution >= 0.6 is 0 Å². The first-order valence-electron chi connectivity index (χ1n) is 8.22. The molecule has 0 radical (unpaired) electrons. The van der Waals surface area contributed by atoms with E-state index in [1.54, 1.807) is 5.01 Å². The Labute approximate surface area is 132 Å². The van der Waals surface area contributed by atoms with E-state index >= 15 is 0 Å². The van der Waals surface area contributed by atoms with E-state index in [1.807, 2.05) is 24.3 Å². The molecule has 0 spiro atoms. The van der Waals surface area contributed by atoms with Crippen LogP contribution in [0.3, 0.4) is 0 Å². The third-order valence-electron chi connectivity index (χ3n) is 4.22. The number of benzene rings is 1. The molecule has 2 fully saturated rings. The number of hydrogen-bond donors (Lipinski definition) is 2. The summed E-state index contributed by atoms with van der Waals surface area (Å²) in [5, 5.41) is 1.72. The van der Waals surface area contributed by atoms with E-state index < -0.39 is 0 Å². The Hall–Kier alpha value is -1.54. The lowest BCUT2D eigenvalue weighted by atomic mass is 10.1. The highest BCUT2D eigenvalue weighted by Gasteiger charge is 2.20. The van der Waals surface area contributed by atoms with E-state index in [0.717, 1.165) is 37.1 Å². The molecule has 2 unspecified atom stereocenters. The van der Waals surface area contributed by atoms with Gasteiger partial charge in [-0.05, 0) is 56.4 Å². The first-order valence-corrected chi connectivity index (χ1v) is 8.22. The third-order valence-corrected chi connectivity index (χ3v) is 4.22. The predicted molar refractivity (Wildman–Crippen MR) is 89.1 cm³/mol. The minimum Gasteiger partial charge on any atom is -0.378 e. The molecule has 1 aromatic carbocycles. The van der Waals surface area contributed by atoms with Crippen LogP contribution < -0.4 is 16.6 Å². The van der Waals surface area contributed by atoms with Crippen molar-refractivity contribution in [3.63, 3.8) is 0 Å². The van der Waals surface area contributed by atoms with Gasteiger partial charge in [0.1, 0.15) is 0 Å². The summed E-state index contributed by atoms with van der Waals surface area (Å²) >= 11 is 0. The SMILES string of the molecule is NC(CC1CCCO1)CN(N)c1ccc(C#CC2CC2)cc1. The topological polar surface area (TPSA) is 64.5 Å². The van der Waals surface area contributed by atoms with Crippen molar-refractivity contribution in [2.24, 2.45) is 17.5 Å². The molecule has 118 valence electrons. The fourth-order valence-corrected chi connectivity index (χ4v) is 2.75. The summed E-state index contributed by atoms with van der Waals surface area (Å²) in [7, 11) is 0. The quantitative estimate of drug-likeness (QED) is 0.496. The first-order chi connectivity index (χ1) is 10.7. The number of hydrazine groups is 1. The van der Waals surface area contributed by atoms with Crippen molar-refractivity contribution < 1.29 is 4.74 Å². The average Bonchev–Trinajstić information content (AvgIpc) is 3.21. The lowest BCUT2D eigenvalue weighted by Crippen LogP contribution is -2.43. The highest BCUT2D eigenvalue weighted by atomic mass is 16.5.